The predicted octanol–water partition coefficient (Wildman–Crippen LogP) is 6.82. The maximum Gasteiger partial charge on any atom is 0.223 e. The zero-order valence-corrected chi connectivity index (χ0v) is 24.3. The van der Waals surface area contributed by atoms with E-state index < -0.39 is 5.41 Å². The Morgan fingerprint density at radius 1 is 1.00 bits per heavy atom. The Balaban J connectivity index is 1.70. The van der Waals surface area contributed by atoms with Crippen molar-refractivity contribution in [3.63, 3.8) is 0 Å². The maximum atomic E-state index is 12.6. The monoisotopic (exact) mass is 525 g/mol. The van der Waals surface area contributed by atoms with Crippen LogP contribution in [0.2, 0.25) is 0 Å². The first-order valence-corrected chi connectivity index (χ1v) is 14.7. The summed E-state index contributed by atoms with van der Waals surface area (Å²) in [5.41, 5.74) is 9.23. The van der Waals surface area contributed by atoms with Crippen LogP contribution in [0.25, 0.3) is 0 Å². The molecular formula is C31H43NO4S. The van der Waals surface area contributed by atoms with E-state index in [1.54, 1.807) is 13.0 Å². The average molecular weight is 526 g/mol. The summed E-state index contributed by atoms with van der Waals surface area (Å²) in [6.07, 6.45) is 9.12. The normalized spacial score (nSPS) is 42.5. The second-order valence-electron chi connectivity index (χ2n) is 13.9. The van der Waals surface area contributed by atoms with Crippen molar-refractivity contribution >= 4 is 22.8 Å². The lowest BCUT2D eigenvalue weighted by Crippen LogP contribution is -2.63. The molecule has 1 amide bonds. The second-order valence-corrected chi connectivity index (χ2v) is 15.2. The van der Waals surface area contributed by atoms with Crippen LogP contribution in [0.3, 0.4) is 0 Å². The number of hydrogen-bond acceptors (Lipinski definition) is 5. The van der Waals surface area contributed by atoms with Gasteiger partial charge in [-0.3, -0.25) is 9.59 Å². The summed E-state index contributed by atoms with van der Waals surface area (Å²) in [4.78, 5) is 25.0. The zero-order chi connectivity index (χ0) is 27.3. The molecule has 4 aliphatic carbocycles. The van der Waals surface area contributed by atoms with Gasteiger partial charge in [-0.1, -0.05) is 58.0 Å². The molecule has 202 valence electrons. The number of phenols is 2. The number of primary amides is 1. The second kappa shape index (κ2) is 8.03. The number of rotatable bonds is 2. The van der Waals surface area contributed by atoms with Gasteiger partial charge in [0.1, 0.15) is 0 Å². The van der Waals surface area contributed by atoms with Crippen LogP contribution >= 0.6 is 11.8 Å². The molecule has 0 aromatic heterocycles. The molecular weight excluding hydrogens is 482 g/mol. The van der Waals surface area contributed by atoms with E-state index in [-0.39, 0.29) is 49.4 Å². The van der Waals surface area contributed by atoms with Gasteiger partial charge < -0.3 is 15.9 Å². The Hall–Kier alpha value is -1.95. The molecule has 1 aromatic carbocycles. The summed E-state index contributed by atoms with van der Waals surface area (Å²) >= 11 is 1.29. The Morgan fingerprint density at radius 3 is 2.27 bits per heavy atom. The van der Waals surface area contributed by atoms with Gasteiger partial charge in [-0.2, -0.15) is 0 Å². The molecule has 0 bridgehead atoms. The van der Waals surface area contributed by atoms with Crippen molar-refractivity contribution in [2.24, 2.45) is 33.3 Å². The predicted molar refractivity (Wildman–Crippen MR) is 148 cm³/mol. The van der Waals surface area contributed by atoms with Crippen LogP contribution in [0.4, 0.5) is 0 Å². The smallest absolute Gasteiger partial charge is 0.223 e. The third kappa shape index (κ3) is 3.43. The lowest BCUT2D eigenvalue weighted by Gasteiger charge is -2.70. The summed E-state index contributed by atoms with van der Waals surface area (Å²) in [6, 6.07) is 1.75. The van der Waals surface area contributed by atoms with E-state index in [2.05, 4.69) is 40.7 Å². The van der Waals surface area contributed by atoms with Gasteiger partial charge in [-0.15, -0.1) is 0 Å². The van der Waals surface area contributed by atoms with E-state index in [1.807, 2.05) is 6.92 Å². The van der Waals surface area contributed by atoms with Gasteiger partial charge in [-0.25, -0.2) is 0 Å². The Kier molecular flexibility index (Phi) is 5.78. The fourth-order valence-corrected chi connectivity index (χ4v) is 10.2. The molecule has 0 aliphatic heterocycles. The number of thioether (sulfide) groups is 1. The van der Waals surface area contributed by atoms with Crippen molar-refractivity contribution in [3.05, 3.63) is 34.4 Å². The number of carbonyl (C=O) groups excluding carboxylic acids is 2. The van der Waals surface area contributed by atoms with E-state index in [0.29, 0.717) is 11.5 Å². The number of phenolic OH excluding ortho intramolecular Hbond substituents is 2. The number of nitrogens with two attached hydrogens (primary N) is 1. The Bertz CT molecular complexity index is 1240. The Labute approximate surface area is 225 Å². The zero-order valence-electron chi connectivity index (χ0n) is 23.5. The molecule has 3 saturated carbocycles. The summed E-state index contributed by atoms with van der Waals surface area (Å²) in [7, 11) is 0. The van der Waals surface area contributed by atoms with Crippen LogP contribution < -0.4 is 5.73 Å². The van der Waals surface area contributed by atoms with Crippen LogP contribution in [0.15, 0.2) is 17.7 Å². The number of allylic oxidation sites excluding steroid dienone is 1. The average Bonchev–Trinajstić information content (AvgIpc) is 2.81. The molecule has 7 atom stereocenters. The van der Waals surface area contributed by atoms with Crippen molar-refractivity contribution in [3.8, 4) is 11.5 Å². The summed E-state index contributed by atoms with van der Waals surface area (Å²) in [5.74, 6) is -0.00243. The lowest BCUT2D eigenvalue weighted by molar-refractivity contribution is -0.166. The van der Waals surface area contributed by atoms with E-state index >= 15 is 0 Å². The summed E-state index contributed by atoms with van der Waals surface area (Å²) in [6.45, 7) is 15.1. The maximum absolute atomic E-state index is 12.6. The third-order valence-electron chi connectivity index (χ3n) is 12.0. The highest BCUT2D eigenvalue weighted by atomic mass is 32.2. The molecule has 0 radical (unpaired) electrons. The SMILES string of the molecule is CC(=O)SC1C=C2[C@@](C)(CC[C@@]3(C)[C@@H]4C[C@](C)(C(N)=O)CC[C@]4(C)CC[C@]23C)c2cc(O)c(O)c(C)c21. The van der Waals surface area contributed by atoms with E-state index in [1.165, 1.54) is 17.3 Å². The van der Waals surface area contributed by atoms with Crippen molar-refractivity contribution in [2.45, 2.75) is 104 Å². The topological polar surface area (TPSA) is 101 Å². The molecule has 4 N–H and O–H groups in total. The molecule has 6 heteroatoms. The minimum Gasteiger partial charge on any atom is -0.504 e. The highest BCUT2D eigenvalue weighted by Crippen LogP contribution is 2.75. The number of fused-ring (bicyclic) bond motifs is 7. The minimum atomic E-state index is -0.479. The number of benzene rings is 1. The van der Waals surface area contributed by atoms with E-state index in [0.717, 1.165) is 56.1 Å². The first-order valence-electron chi connectivity index (χ1n) is 13.8. The van der Waals surface area contributed by atoms with Crippen LogP contribution in [0.1, 0.15) is 108 Å². The largest absolute Gasteiger partial charge is 0.504 e. The summed E-state index contributed by atoms with van der Waals surface area (Å²) < 4.78 is 0. The van der Waals surface area contributed by atoms with Gasteiger partial charge in [0.2, 0.25) is 5.91 Å². The van der Waals surface area contributed by atoms with Gasteiger partial charge in [0.05, 0.1) is 5.25 Å². The van der Waals surface area contributed by atoms with Gasteiger partial charge in [0.25, 0.3) is 0 Å². The number of carbonyl (C=O) groups is 2. The van der Waals surface area contributed by atoms with Crippen LogP contribution in [0.5, 0.6) is 11.5 Å². The molecule has 3 fully saturated rings. The number of aromatic hydroxyl groups is 2. The molecule has 1 unspecified atom stereocenters. The fraction of sp³-hybridized carbons (Fsp3) is 0.677. The van der Waals surface area contributed by atoms with E-state index in [9.17, 15) is 19.8 Å². The molecule has 0 heterocycles. The van der Waals surface area contributed by atoms with Crippen LogP contribution in [-0.2, 0) is 15.0 Å². The first kappa shape index (κ1) is 26.6. The molecule has 1 aromatic rings. The lowest BCUT2D eigenvalue weighted by atomic mass is 9.34. The van der Waals surface area contributed by atoms with Crippen molar-refractivity contribution in [2.75, 3.05) is 0 Å². The molecule has 5 nitrogen and oxygen atoms in total. The quantitative estimate of drug-likeness (QED) is 0.290. The van der Waals surface area contributed by atoms with Gasteiger partial charge in [-0.05, 0) is 96.8 Å². The van der Waals surface area contributed by atoms with Gasteiger partial charge in [0.15, 0.2) is 16.6 Å². The highest BCUT2D eigenvalue weighted by molar-refractivity contribution is 8.13. The first-order chi connectivity index (χ1) is 17.0. The third-order valence-corrected chi connectivity index (χ3v) is 12.9. The fourth-order valence-electron chi connectivity index (χ4n) is 9.19. The number of amides is 1. The molecule has 4 aliphatic rings. The molecule has 37 heavy (non-hydrogen) atoms. The summed E-state index contributed by atoms with van der Waals surface area (Å²) in [5, 5.41) is 21.1. The van der Waals surface area contributed by atoms with Crippen molar-refractivity contribution < 1.29 is 19.8 Å². The standard InChI is InChI=1S/C31H43NO4S/c1-17-24-19(14-20(34)25(17)35)29(5)11-13-31(7)23-16-28(4,26(32)36)9-8-27(23,3)10-12-30(31,6)22(29)15-21(24)37-18(2)33/h14-15,21,23,34-35H,8-13,16H2,1-7H3,(H2,32,36)/t21?,23-,27-,28-,29+,30-,31+/m1/s1. The van der Waals surface area contributed by atoms with Gasteiger partial charge >= 0.3 is 0 Å². The molecule has 5 rings (SSSR count). The van der Waals surface area contributed by atoms with Crippen LogP contribution in [0, 0.1) is 34.5 Å². The van der Waals surface area contributed by atoms with Crippen LogP contribution in [-0.4, -0.2) is 21.2 Å². The molecule has 0 spiro atoms. The van der Waals surface area contributed by atoms with Crippen molar-refractivity contribution in [1.29, 1.82) is 0 Å². The Morgan fingerprint density at radius 2 is 1.65 bits per heavy atom. The van der Waals surface area contributed by atoms with Crippen molar-refractivity contribution in [1.82, 2.24) is 0 Å². The highest BCUT2D eigenvalue weighted by Gasteiger charge is 2.67. The minimum absolute atomic E-state index is 0.0283. The molecule has 0 saturated heterocycles. The van der Waals surface area contributed by atoms with Gasteiger partial charge in [0, 0.05) is 17.8 Å². The van der Waals surface area contributed by atoms with E-state index in [4.69, 9.17) is 5.73 Å². The number of hydrogen-bond donors (Lipinski definition) is 3.